The number of benzene rings is 2. The molecule has 0 radical (unpaired) electrons. The first-order valence-electron chi connectivity index (χ1n) is 6.95. The molecule has 0 spiro atoms. The molecule has 1 aliphatic rings. The minimum absolute atomic E-state index is 0.0566. The summed E-state index contributed by atoms with van der Waals surface area (Å²) in [6.45, 7) is 1.17. The molecule has 0 aromatic heterocycles. The van der Waals surface area contributed by atoms with Crippen LogP contribution < -0.4 is 5.32 Å². The number of rotatable bonds is 5. The molecule has 1 atom stereocenters. The Morgan fingerprint density at radius 2 is 1.91 bits per heavy atom. The van der Waals surface area contributed by atoms with Gasteiger partial charge in [-0.1, -0.05) is 30.3 Å². The normalized spacial score (nSPS) is 16.9. The third-order valence-electron chi connectivity index (χ3n) is 3.36. The standard InChI is InChI=1S/C16H15N3O3/c20-19(21)14-8-6-13(7-9-14)16-18-15(11-22-16)17-10-12-4-2-1-3-5-12/h1-9,15,17H,10-11H2. The van der Waals surface area contributed by atoms with Gasteiger partial charge in [-0.2, -0.15) is 0 Å². The van der Waals surface area contributed by atoms with Crippen molar-refractivity contribution in [3.63, 3.8) is 0 Å². The monoisotopic (exact) mass is 297 g/mol. The van der Waals surface area contributed by atoms with E-state index in [2.05, 4.69) is 10.3 Å². The van der Waals surface area contributed by atoms with Gasteiger partial charge in [0.15, 0.2) is 0 Å². The van der Waals surface area contributed by atoms with E-state index in [1.165, 1.54) is 17.7 Å². The molecule has 1 N–H and O–H groups in total. The molecule has 1 aliphatic heterocycles. The summed E-state index contributed by atoms with van der Waals surface area (Å²) in [6.07, 6.45) is -0.106. The number of hydrogen-bond donors (Lipinski definition) is 1. The molecule has 0 amide bonds. The Kier molecular flexibility index (Phi) is 4.11. The Morgan fingerprint density at radius 1 is 1.18 bits per heavy atom. The zero-order valence-electron chi connectivity index (χ0n) is 11.8. The van der Waals surface area contributed by atoms with Crippen LogP contribution in [0.4, 0.5) is 5.69 Å². The van der Waals surface area contributed by atoms with Crippen LogP contribution in [0, 0.1) is 10.1 Å². The van der Waals surface area contributed by atoms with Crippen LogP contribution in [0.2, 0.25) is 0 Å². The van der Waals surface area contributed by atoms with Crippen molar-refractivity contribution in [3.05, 3.63) is 75.8 Å². The Labute approximate surface area is 127 Å². The largest absolute Gasteiger partial charge is 0.474 e. The lowest BCUT2D eigenvalue weighted by molar-refractivity contribution is -0.384. The van der Waals surface area contributed by atoms with Gasteiger partial charge in [-0.25, -0.2) is 4.99 Å². The minimum atomic E-state index is -0.425. The van der Waals surface area contributed by atoms with Crippen LogP contribution in [0.3, 0.4) is 0 Å². The summed E-state index contributed by atoms with van der Waals surface area (Å²) in [5.74, 6) is 0.514. The zero-order chi connectivity index (χ0) is 15.4. The third kappa shape index (κ3) is 3.29. The van der Waals surface area contributed by atoms with Gasteiger partial charge in [0.05, 0.1) is 4.92 Å². The molecule has 6 heteroatoms. The van der Waals surface area contributed by atoms with Crippen LogP contribution in [-0.2, 0) is 11.3 Å². The van der Waals surface area contributed by atoms with Gasteiger partial charge in [0.2, 0.25) is 5.90 Å². The van der Waals surface area contributed by atoms with Gasteiger partial charge >= 0.3 is 0 Å². The van der Waals surface area contributed by atoms with Crippen molar-refractivity contribution in [3.8, 4) is 0 Å². The predicted octanol–water partition coefficient (Wildman–Crippen LogP) is 2.49. The highest BCUT2D eigenvalue weighted by Gasteiger charge is 2.20. The molecule has 6 nitrogen and oxygen atoms in total. The smallest absolute Gasteiger partial charge is 0.269 e. The third-order valence-corrected chi connectivity index (χ3v) is 3.36. The Balaban J connectivity index is 1.62. The summed E-state index contributed by atoms with van der Waals surface area (Å²) >= 11 is 0. The molecule has 0 bridgehead atoms. The summed E-state index contributed by atoms with van der Waals surface area (Å²) in [4.78, 5) is 14.7. The predicted molar refractivity (Wildman–Crippen MR) is 82.7 cm³/mol. The molecule has 112 valence electrons. The first-order chi connectivity index (χ1) is 10.7. The van der Waals surface area contributed by atoms with Crippen LogP contribution in [0.5, 0.6) is 0 Å². The van der Waals surface area contributed by atoms with Crippen molar-refractivity contribution >= 4 is 11.6 Å². The fourth-order valence-electron chi connectivity index (χ4n) is 2.19. The highest BCUT2D eigenvalue weighted by molar-refractivity contribution is 5.95. The summed E-state index contributed by atoms with van der Waals surface area (Å²) in [6, 6.07) is 16.3. The Bertz CT molecular complexity index is 684. The number of ether oxygens (including phenoxy) is 1. The highest BCUT2D eigenvalue weighted by atomic mass is 16.6. The van der Waals surface area contributed by atoms with Gasteiger partial charge in [-0.3, -0.25) is 15.4 Å². The average Bonchev–Trinajstić information content (AvgIpc) is 3.03. The Morgan fingerprint density at radius 3 is 2.59 bits per heavy atom. The second-order valence-corrected chi connectivity index (χ2v) is 4.93. The molecule has 0 saturated carbocycles. The SMILES string of the molecule is O=[N+]([O-])c1ccc(C2=NC(NCc3ccccc3)CO2)cc1. The maximum Gasteiger partial charge on any atom is 0.269 e. The van der Waals surface area contributed by atoms with Crippen molar-refractivity contribution < 1.29 is 9.66 Å². The molecule has 22 heavy (non-hydrogen) atoms. The number of non-ortho nitro benzene ring substituents is 1. The molecule has 0 saturated heterocycles. The van der Waals surface area contributed by atoms with Crippen LogP contribution >= 0.6 is 0 Å². The van der Waals surface area contributed by atoms with E-state index in [1.54, 1.807) is 12.1 Å². The second kappa shape index (κ2) is 6.36. The molecule has 3 rings (SSSR count). The molecule has 1 unspecified atom stereocenters. The van der Waals surface area contributed by atoms with Gasteiger partial charge in [0, 0.05) is 24.2 Å². The van der Waals surface area contributed by atoms with E-state index in [0.29, 0.717) is 19.0 Å². The quantitative estimate of drug-likeness (QED) is 0.679. The van der Waals surface area contributed by atoms with E-state index < -0.39 is 4.92 Å². The lowest BCUT2D eigenvalue weighted by atomic mass is 10.2. The van der Waals surface area contributed by atoms with Crippen LogP contribution in [-0.4, -0.2) is 23.6 Å². The van der Waals surface area contributed by atoms with Crippen LogP contribution in [0.1, 0.15) is 11.1 Å². The topological polar surface area (TPSA) is 76.8 Å². The van der Waals surface area contributed by atoms with Gasteiger partial charge in [-0.15, -0.1) is 0 Å². The van der Waals surface area contributed by atoms with E-state index in [9.17, 15) is 10.1 Å². The summed E-state index contributed by atoms with van der Waals surface area (Å²) < 4.78 is 5.56. The van der Waals surface area contributed by atoms with Gasteiger partial charge in [0.1, 0.15) is 12.8 Å². The summed E-state index contributed by atoms with van der Waals surface area (Å²) in [7, 11) is 0. The van der Waals surface area contributed by atoms with E-state index in [-0.39, 0.29) is 11.9 Å². The molecule has 0 aliphatic carbocycles. The second-order valence-electron chi connectivity index (χ2n) is 4.93. The van der Waals surface area contributed by atoms with E-state index >= 15 is 0 Å². The lowest BCUT2D eigenvalue weighted by Crippen LogP contribution is -2.27. The molecule has 1 heterocycles. The van der Waals surface area contributed by atoms with Crippen molar-refractivity contribution in [2.24, 2.45) is 4.99 Å². The summed E-state index contributed by atoms with van der Waals surface area (Å²) in [5.41, 5.74) is 1.98. The van der Waals surface area contributed by atoms with Crippen LogP contribution in [0.25, 0.3) is 0 Å². The molecule has 0 fully saturated rings. The Hall–Kier alpha value is -2.73. The van der Waals surface area contributed by atoms with E-state index in [1.807, 2.05) is 30.3 Å². The zero-order valence-corrected chi connectivity index (χ0v) is 11.8. The van der Waals surface area contributed by atoms with E-state index in [0.717, 1.165) is 5.56 Å². The molecule has 2 aromatic rings. The highest BCUT2D eigenvalue weighted by Crippen LogP contribution is 2.16. The first-order valence-corrected chi connectivity index (χ1v) is 6.95. The van der Waals surface area contributed by atoms with Crippen LogP contribution in [0.15, 0.2) is 59.6 Å². The van der Waals surface area contributed by atoms with Crippen molar-refractivity contribution in [2.45, 2.75) is 12.7 Å². The molecular weight excluding hydrogens is 282 g/mol. The number of hydrogen-bond acceptors (Lipinski definition) is 5. The fraction of sp³-hybridized carbons (Fsp3) is 0.188. The number of nitro groups is 1. The van der Waals surface area contributed by atoms with Crippen molar-refractivity contribution in [2.75, 3.05) is 6.61 Å². The van der Waals surface area contributed by atoms with Gasteiger partial charge in [0.25, 0.3) is 5.69 Å². The maximum absolute atomic E-state index is 10.6. The lowest BCUT2D eigenvalue weighted by Gasteiger charge is -2.07. The number of nitro benzene ring substituents is 1. The van der Waals surface area contributed by atoms with Crippen molar-refractivity contribution in [1.29, 1.82) is 0 Å². The molecular formula is C16H15N3O3. The first kappa shape index (κ1) is 14.2. The van der Waals surface area contributed by atoms with Gasteiger partial charge in [-0.05, 0) is 17.7 Å². The number of nitrogens with one attached hydrogen (secondary N) is 1. The maximum atomic E-state index is 10.6. The number of aliphatic imine (C=N–C) groups is 1. The summed E-state index contributed by atoms with van der Waals surface area (Å²) in [5, 5.41) is 13.9. The fourth-order valence-corrected chi connectivity index (χ4v) is 2.19. The average molecular weight is 297 g/mol. The minimum Gasteiger partial charge on any atom is -0.474 e. The van der Waals surface area contributed by atoms with E-state index in [4.69, 9.17) is 4.74 Å². The molecule has 2 aromatic carbocycles. The number of nitrogens with zero attached hydrogens (tertiary/aromatic N) is 2. The van der Waals surface area contributed by atoms with Gasteiger partial charge < -0.3 is 4.74 Å². The van der Waals surface area contributed by atoms with Crippen molar-refractivity contribution in [1.82, 2.24) is 5.32 Å².